The van der Waals surface area contributed by atoms with Crippen LogP contribution in [0.5, 0.6) is 11.5 Å². The molecule has 0 heterocycles. The maximum Gasteiger partial charge on any atom is 0.341 e. The molecule has 2 aromatic rings. The molecule has 0 saturated heterocycles. The number of ether oxygens (including phenoxy) is 4. The first kappa shape index (κ1) is 29.5. The Balaban J connectivity index is 1.83. The van der Waals surface area contributed by atoms with Gasteiger partial charge in [0.1, 0.15) is 17.6 Å². The van der Waals surface area contributed by atoms with Gasteiger partial charge >= 0.3 is 17.9 Å². The lowest BCUT2D eigenvalue weighted by molar-refractivity contribution is -0.146. The van der Waals surface area contributed by atoms with Crippen LogP contribution in [0.1, 0.15) is 44.1 Å². The minimum Gasteiger partial charge on any atom is -0.459 e. The first-order valence-corrected chi connectivity index (χ1v) is 12.6. The van der Waals surface area contributed by atoms with Crippen molar-refractivity contribution in [2.24, 2.45) is 0 Å². The highest BCUT2D eigenvalue weighted by molar-refractivity contribution is 5.90. The lowest BCUT2D eigenvalue weighted by Gasteiger charge is -2.30. The van der Waals surface area contributed by atoms with Crippen LogP contribution in [0.15, 0.2) is 78.9 Å². The second-order valence-electron chi connectivity index (χ2n) is 9.51. The highest BCUT2D eigenvalue weighted by atomic mass is 16.5. The van der Waals surface area contributed by atoms with Gasteiger partial charge in [0, 0.05) is 12.7 Å². The predicted octanol–water partition coefficient (Wildman–Crippen LogP) is 5.06. The van der Waals surface area contributed by atoms with E-state index in [4.69, 9.17) is 24.1 Å². The van der Waals surface area contributed by atoms with Crippen molar-refractivity contribution in [1.29, 1.82) is 0 Å². The molecule has 2 aromatic carbocycles. The van der Waals surface area contributed by atoms with Crippen LogP contribution in [-0.2, 0) is 23.9 Å². The average Bonchev–Trinajstić information content (AvgIpc) is 2.93. The van der Waals surface area contributed by atoms with Gasteiger partial charge in [0.2, 0.25) is 0 Å². The molecule has 0 aromatic heterocycles. The van der Waals surface area contributed by atoms with E-state index in [0.717, 1.165) is 16.7 Å². The fraction of sp³-hybridized carbons (Fsp3) is 0.323. The molecule has 1 aliphatic rings. The molecule has 0 unspecified atom stereocenters. The van der Waals surface area contributed by atoms with Crippen LogP contribution in [0.4, 0.5) is 0 Å². The summed E-state index contributed by atoms with van der Waals surface area (Å²) in [7, 11) is 1.48. The van der Waals surface area contributed by atoms with Gasteiger partial charge in [0.15, 0.2) is 0 Å². The van der Waals surface area contributed by atoms with Crippen LogP contribution < -0.4 is 9.47 Å². The van der Waals surface area contributed by atoms with E-state index in [0.29, 0.717) is 42.8 Å². The van der Waals surface area contributed by atoms with E-state index in [9.17, 15) is 14.4 Å². The minimum atomic E-state index is -0.591. The predicted molar refractivity (Wildman–Crippen MR) is 146 cm³/mol. The number of esters is 3. The third-order valence-corrected chi connectivity index (χ3v) is 6.43. The molecule has 0 aliphatic heterocycles. The number of carbonyl (C=O) groups is 3. The topological polar surface area (TPSA) is 108 Å². The van der Waals surface area contributed by atoms with Crippen molar-refractivity contribution in [1.82, 2.24) is 0 Å². The summed E-state index contributed by atoms with van der Waals surface area (Å²) in [5.41, 5.74) is 3.17. The number of aliphatic hydroxyl groups is 1. The molecule has 1 saturated carbocycles. The molecule has 39 heavy (non-hydrogen) atoms. The molecule has 206 valence electrons. The largest absolute Gasteiger partial charge is 0.459 e. The summed E-state index contributed by atoms with van der Waals surface area (Å²) in [5, 5.41) is 9.11. The zero-order valence-corrected chi connectivity index (χ0v) is 22.4. The van der Waals surface area contributed by atoms with E-state index in [1.54, 1.807) is 25.1 Å². The van der Waals surface area contributed by atoms with E-state index >= 15 is 0 Å². The third kappa shape index (κ3) is 7.99. The van der Waals surface area contributed by atoms with Crippen LogP contribution >= 0.6 is 0 Å². The van der Waals surface area contributed by atoms with Gasteiger partial charge < -0.3 is 24.1 Å². The average molecular weight is 535 g/mol. The molecule has 8 heteroatoms. The van der Waals surface area contributed by atoms with Crippen molar-refractivity contribution < 1.29 is 38.4 Å². The number of aliphatic hydroxyl groups excluding tert-OH is 1. The highest BCUT2D eigenvalue weighted by Gasteiger charge is 2.28. The Morgan fingerprint density at radius 1 is 0.846 bits per heavy atom. The molecule has 1 N–H and O–H groups in total. The van der Waals surface area contributed by atoms with Gasteiger partial charge in [-0.25, -0.2) is 14.4 Å². The van der Waals surface area contributed by atoms with Gasteiger partial charge in [0.25, 0.3) is 0 Å². The number of hydrogen-bond donors (Lipinski definition) is 1. The summed E-state index contributed by atoms with van der Waals surface area (Å²) in [4.78, 5) is 36.4. The lowest BCUT2D eigenvalue weighted by atomic mass is 9.81. The molecule has 0 amide bonds. The Morgan fingerprint density at radius 3 is 2.08 bits per heavy atom. The Labute approximate surface area is 228 Å². The number of benzene rings is 2. The van der Waals surface area contributed by atoms with E-state index < -0.39 is 24.5 Å². The lowest BCUT2D eigenvalue weighted by Crippen LogP contribution is -2.25. The van der Waals surface area contributed by atoms with Crippen LogP contribution in [0.25, 0.3) is 11.1 Å². The van der Waals surface area contributed by atoms with Gasteiger partial charge in [-0.1, -0.05) is 37.9 Å². The number of hydrogen-bond acceptors (Lipinski definition) is 8. The molecule has 1 aliphatic carbocycles. The molecule has 0 radical (unpaired) electrons. The third-order valence-electron chi connectivity index (χ3n) is 6.43. The van der Waals surface area contributed by atoms with Crippen molar-refractivity contribution in [3.63, 3.8) is 0 Å². The SMILES string of the molecule is C=C(C)C(=O)Oc1ccc(-c2ccc(OC(=O)C(=C)COC)c(C3CCC(OC(=O)C(=C)CO)CC3)c2)cc1. The van der Waals surface area contributed by atoms with E-state index in [-0.39, 0.29) is 29.8 Å². The van der Waals surface area contributed by atoms with Gasteiger partial charge in [-0.2, -0.15) is 0 Å². The van der Waals surface area contributed by atoms with Gasteiger partial charge in [0.05, 0.1) is 24.4 Å². The van der Waals surface area contributed by atoms with Crippen molar-refractivity contribution in [2.45, 2.75) is 44.6 Å². The molecule has 3 rings (SSSR count). The van der Waals surface area contributed by atoms with Crippen molar-refractivity contribution >= 4 is 17.9 Å². The van der Waals surface area contributed by atoms with Crippen molar-refractivity contribution in [3.8, 4) is 22.6 Å². The second-order valence-corrected chi connectivity index (χ2v) is 9.51. The van der Waals surface area contributed by atoms with Crippen molar-refractivity contribution in [2.75, 3.05) is 20.3 Å². The first-order valence-electron chi connectivity index (χ1n) is 12.6. The fourth-order valence-electron chi connectivity index (χ4n) is 4.25. The monoisotopic (exact) mass is 534 g/mol. The Morgan fingerprint density at radius 2 is 1.49 bits per heavy atom. The van der Waals surface area contributed by atoms with E-state index in [2.05, 4.69) is 19.7 Å². The summed E-state index contributed by atoms with van der Waals surface area (Å²) >= 11 is 0. The second kappa shape index (κ2) is 13.7. The van der Waals surface area contributed by atoms with Crippen LogP contribution in [0, 0.1) is 0 Å². The summed E-state index contributed by atoms with van der Waals surface area (Å²) in [6, 6.07) is 12.7. The van der Waals surface area contributed by atoms with E-state index in [1.165, 1.54) is 7.11 Å². The fourth-order valence-corrected chi connectivity index (χ4v) is 4.25. The Hall–Kier alpha value is -4.01. The number of carbonyl (C=O) groups excluding carboxylic acids is 3. The number of methoxy groups -OCH3 is 1. The van der Waals surface area contributed by atoms with E-state index in [1.807, 2.05) is 24.3 Å². The molecular weight excluding hydrogens is 500 g/mol. The van der Waals surface area contributed by atoms with Gasteiger partial charge in [-0.05, 0) is 79.5 Å². The van der Waals surface area contributed by atoms with Crippen LogP contribution in [0.2, 0.25) is 0 Å². The van der Waals surface area contributed by atoms with Gasteiger partial charge in [-0.3, -0.25) is 0 Å². The quantitative estimate of drug-likeness (QED) is 0.242. The van der Waals surface area contributed by atoms with Crippen molar-refractivity contribution in [3.05, 3.63) is 84.5 Å². The van der Waals surface area contributed by atoms with Crippen LogP contribution in [0.3, 0.4) is 0 Å². The Bertz CT molecular complexity index is 1250. The maximum absolute atomic E-state index is 12.6. The summed E-state index contributed by atoms with van der Waals surface area (Å²) < 4.78 is 21.5. The molecular formula is C31H34O8. The first-order chi connectivity index (χ1) is 18.6. The summed E-state index contributed by atoms with van der Waals surface area (Å²) in [5.74, 6) is -0.761. The molecule has 8 nitrogen and oxygen atoms in total. The van der Waals surface area contributed by atoms with Crippen LogP contribution in [-0.4, -0.2) is 49.4 Å². The Kier molecular flexibility index (Phi) is 10.4. The number of rotatable bonds is 11. The zero-order chi connectivity index (χ0) is 28.5. The molecule has 0 atom stereocenters. The summed E-state index contributed by atoms with van der Waals surface area (Å²) in [6.45, 7) is 12.0. The summed E-state index contributed by atoms with van der Waals surface area (Å²) in [6.07, 6.45) is 2.36. The standard InChI is InChI=1S/C31H34O8/c1-19(2)29(33)37-25-11-6-22(7-12-25)24-10-15-28(39-31(35)21(4)18-36-5)27(16-24)23-8-13-26(14-9-23)38-30(34)20(3)17-32/h6-7,10-12,15-16,23,26,32H,1,3-4,8-9,13-14,17-18H2,2,5H3. The molecule has 0 spiro atoms. The van der Waals surface area contributed by atoms with Gasteiger partial charge in [-0.15, -0.1) is 0 Å². The maximum atomic E-state index is 12.6. The normalized spacial score (nSPS) is 16.6. The smallest absolute Gasteiger partial charge is 0.341 e. The molecule has 1 fully saturated rings. The minimum absolute atomic E-state index is 0.0238. The molecule has 0 bridgehead atoms. The highest BCUT2D eigenvalue weighted by Crippen LogP contribution is 2.41. The zero-order valence-electron chi connectivity index (χ0n) is 22.4.